The van der Waals surface area contributed by atoms with Gasteiger partial charge in [0, 0.05) is 17.4 Å². The number of carbonyl (C=O) groups is 2. The van der Waals surface area contributed by atoms with Crippen LogP contribution in [-0.4, -0.2) is 22.0 Å². The third-order valence-electron chi connectivity index (χ3n) is 10.5. The van der Waals surface area contributed by atoms with Crippen LogP contribution in [0.15, 0.2) is 133 Å². The molecule has 0 radical (unpaired) electrons. The molecule has 5 nitrogen and oxygen atoms in total. The molecule has 6 aromatic rings. The van der Waals surface area contributed by atoms with Crippen LogP contribution >= 0.6 is 0 Å². The molecule has 1 fully saturated rings. The molecule has 1 aliphatic carbocycles. The summed E-state index contributed by atoms with van der Waals surface area (Å²) in [5.41, 5.74) is -0.0120. The van der Waals surface area contributed by atoms with Crippen LogP contribution in [0, 0.1) is 36.5 Å². The second-order valence-corrected chi connectivity index (χ2v) is 13.2. The fraction of sp³-hybridized carbons (Fsp3) is 0.186. The zero-order chi connectivity index (χ0) is 33.6. The number of hydrogen-bond acceptors (Lipinski definition) is 4. The predicted molar refractivity (Wildman–Crippen MR) is 188 cm³/mol. The second kappa shape index (κ2) is 11.9. The summed E-state index contributed by atoms with van der Waals surface area (Å²) in [6.45, 7) is 3.87. The minimum Gasteiger partial charge on any atom is -0.480 e. The zero-order valence-electron chi connectivity index (χ0n) is 26.8. The van der Waals surface area contributed by atoms with Crippen molar-refractivity contribution in [2.75, 3.05) is 0 Å². The molecule has 0 unspecified atom stereocenters. The Morgan fingerprint density at radius 3 is 1.81 bits per heavy atom. The summed E-state index contributed by atoms with van der Waals surface area (Å²) >= 11 is 0. The van der Waals surface area contributed by atoms with Gasteiger partial charge in [-0.15, -0.1) is 0 Å². The molecule has 0 aliphatic heterocycles. The van der Waals surface area contributed by atoms with Gasteiger partial charge < -0.3 is 10.2 Å². The largest absolute Gasteiger partial charge is 0.480 e. The van der Waals surface area contributed by atoms with Crippen LogP contribution in [0.1, 0.15) is 56.4 Å². The van der Waals surface area contributed by atoms with Crippen molar-refractivity contribution in [3.63, 3.8) is 0 Å². The number of nitriles is 1. The van der Waals surface area contributed by atoms with Crippen molar-refractivity contribution in [3.8, 4) is 6.07 Å². The van der Waals surface area contributed by atoms with Gasteiger partial charge in [0.2, 0.25) is 0 Å². The molecule has 0 amide bonds. The standard InChI is InChI=1S/C43H35NO4/c1-27-17-21-31(22-18-27)37-25-43(48,36-16-8-12-30-10-4-6-14-34(30)36)39(40(45)35-15-7-11-29-9-3-5-13-33(29)35)38(42(37,26-44)41(46)47)32-23-19-28(2)20-24-32/h3-24,37-39,48H,25H2,1-2H3,(H,46,47)/t37-,38-,39-,42+,43-/m0/s1. The second-order valence-electron chi connectivity index (χ2n) is 13.2. The van der Waals surface area contributed by atoms with E-state index in [-0.39, 0.29) is 6.42 Å². The molecule has 48 heavy (non-hydrogen) atoms. The highest BCUT2D eigenvalue weighted by Gasteiger charge is 2.67. The molecule has 0 saturated heterocycles. The van der Waals surface area contributed by atoms with Crippen molar-refractivity contribution in [2.45, 2.75) is 37.7 Å². The first-order chi connectivity index (χ1) is 23.2. The van der Waals surface area contributed by atoms with Crippen LogP contribution in [0.2, 0.25) is 0 Å². The van der Waals surface area contributed by atoms with Gasteiger partial charge in [-0.3, -0.25) is 9.59 Å². The third kappa shape index (κ3) is 4.80. The van der Waals surface area contributed by atoms with Crippen LogP contribution in [0.4, 0.5) is 0 Å². The number of carboxylic acids is 1. The lowest BCUT2D eigenvalue weighted by atomic mass is 9.47. The summed E-state index contributed by atoms with van der Waals surface area (Å²) in [5, 5.41) is 39.3. The quantitative estimate of drug-likeness (QED) is 0.179. The van der Waals surface area contributed by atoms with E-state index in [2.05, 4.69) is 6.07 Å². The lowest BCUT2D eigenvalue weighted by Gasteiger charge is -2.54. The van der Waals surface area contributed by atoms with Crippen LogP contribution in [0.25, 0.3) is 21.5 Å². The highest BCUT2D eigenvalue weighted by Crippen LogP contribution is 2.64. The van der Waals surface area contributed by atoms with Gasteiger partial charge in [-0.2, -0.15) is 5.26 Å². The summed E-state index contributed by atoms with van der Waals surface area (Å²) in [6.07, 6.45) is -0.159. The Bertz CT molecular complexity index is 2220. The average Bonchev–Trinajstić information content (AvgIpc) is 3.11. The van der Waals surface area contributed by atoms with E-state index in [1.165, 1.54) is 0 Å². The average molecular weight is 630 g/mol. The minimum atomic E-state index is -2.10. The molecule has 0 bridgehead atoms. The molecular weight excluding hydrogens is 594 g/mol. The van der Waals surface area contributed by atoms with Crippen molar-refractivity contribution in [3.05, 3.63) is 167 Å². The molecule has 0 heterocycles. The van der Waals surface area contributed by atoms with Crippen LogP contribution in [0.5, 0.6) is 0 Å². The van der Waals surface area contributed by atoms with Gasteiger partial charge in [-0.05, 0) is 58.5 Å². The number of carboxylic acid groups (broad SMARTS) is 1. The number of aliphatic hydroxyl groups is 1. The van der Waals surface area contributed by atoms with E-state index in [1.807, 2.05) is 123 Å². The van der Waals surface area contributed by atoms with Crippen LogP contribution in [-0.2, 0) is 10.4 Å². The smallest absolute Gasteiger partial charge is 0.325 e. The summed E-state index contributed by atoms with van der Waals surface area (Å²) in [7, 11) is 0. The van der Waals surface area contributed by atoms with Crippen molar-refractivity contribution >= 4 is 33.3 Å². The molecule has 6 aromatic carbocycles. The Morgan fingerprint density at radius 2 is 1.21 bits per heavy atom. The van der Waals surface area contributed by atoms with Gasteiger partial charge >= 0.3 is 5.97 Å². The number of aryl methyl sites for hydroxylation is 2. The maximum absolute atomic E-state index is 15.4. The van der Waals surface area contributed by atoms with Crippen molar-refractivity contribution in [1.29, 1.82) is 5.26 Å². The van der Waals surface area contributed by atoms with E-state index in [1.54, 1.807) is 24.3 Å². The minimum absolute atomic E-state index is 0.159. The van der Waals surface area contributed by atoms with Crippen LogP contribution < -0.4 is 0 Å². The Morgan fingerprint density at radius 1 is 0.688 bits per heavy atom. The molecule has 5 heteroatoms. The lowest BCUT2D eigenvalue weighted by molar-refractivity contribution is -0.158. The number of ketones is 1. The van der Waals surface area contributed by atoms with Gasteiger partial charge in [0.1, 0.15) is 5.60 Å². The Labute approximate surface area is 279 Å². The van der Waals surface area contributed by atoms with Gasteiger partial charge in [0.15, 0.2) is 11.2 Å². The molecule has 7 rings (SSSR count). The summed E-state index contributed by atoms with van der Waals surface area (Å²) in [4.78, 5) is 29.3. The third-order valence-corrected chi connectivity index (χ3v) is 10.5. The summed E-state index contributed by atoms with van der Waals surface area (Å²) in [5.74, 6) is -5.26. The van der Waals surface area contributed by atoms with Crippen molar-refractivity contribution in [2.24, 2.45) is 11.3 Å². The van der Waals surface area contributed by atoms with Crippen molar-refractivity contribution < 1.29 is 19.8 Å². The Balaban J connectivity index is 1.61. The fourth-order valence-corrected chi connectivity index (χ4v) is 8.10. The molecule has 0 aromatic heterocycles. The van der Waals surface area contributed by atoms with E-state index in [4.69, 9.17) is 0 Å². The monoisotopic (exact) mass is 629 g/mol. The lowest BCUT2D eigenvalue weighted by Crippen LogP contribution is -2.58. The SMILES string of the molecule is Cc1ccc([C@@H]2C[C@](O)(c3cccc4ccccc34)[C@H](C(=O)c3cccc4ccccc34)[C@H](c3ccc(C)cc3)[C@]2(C#N)C(=O)O)cc1. The van der Waals surface area contributed by atoms with Crippen molar-refractivity contribution in [1.82, 2.24) is 0 Å². The van der Waals surface area contributed by atoms with E-state index in [0.29, 0.717) is 27.6 Å². The first-order valence-corrected chi connectivity index (χ1v) is 16.2. The number of rotatable bonds is 6. The molecule has 5 atom stereocenters. The zero-order valence-corrected chi connectivity index (χ0v) is 26.8. The molecular formula is C43H35NO4. The fourth-order valence-electron chi connectivity index (χ4n) is 8.10. The molecule has 0 spiro atoms. The van der Waals surface area contributed by atoms with E-state index in [0.717, 1.165) is 27.3 Å². The van der Waals surface area contributed by atoms with Crippen LogP contribution in [0.3, 0.4) is 0 Å². The number of carbonyl (C=O) groups excluding carboxylic acids is 1. The summed E-state index contributed by atoms with van der Waals surface area (Å²) in [6, 6.07) is 43.5. The molecule has 1 aliphatic rings. The first-order valence-electron chi connectivity index (χ1n) is 16.2. The number of Topliss-reactive ketones (excluding diaryl/α,β-unsaturated/α-hetero) is 1. The van der Waals surface area contributed by atoms with Gasteiger partial charge in [0.25, 0.3) is 0 Å². The number of nitrogens with zero attached hydrogens (tertiary/aromatic N) is 1. The first kappa shape index (κ1) is 31.1. The van der Waals surface area contributed by atoms with E-state index < -0.39 is 40.5 Å². The van der Waals surface area contributed by atoms with E-state index in [9.17, 15) is 20.3 Å². The number of hydrogen-bond donors (Lipinski definition) is 2. The number of aliphatic carboxylic acids is 1. The number of benzene rings is 6. The number of fused-ring (bicyclic) bond motifs is 2. The molecule has 2 N–H and O–H groups in total. The summed E-state index contributed by atoms with van der Waals surface area (Å²) < 4.78 is 0. The van der Waals surface area contributed by atoms with Gasteiger partial charge in [-0.25, -0.2) is 0 Å². The normalized spacial score (nSPS) is 23.8. The van der Waals surface area contributed by atoms with Gasteiger partial charge in [0.05, 0.1) is 12.0 Å². The van der Waals surface area contributed by atoms with Gasteiger partial charge in [-0.1, -0.05) is 145 Å². The molecule has 1 saturated carbocycles. The predicted octanol–water partition coefficient (Wildman–Crippen LogP) is 8.86. The topological polar surface area (TPSA) is 98.4 Å². The maximum atomic E-state index is 15.4. The highest BCUT2D eigenvalue weighted by molar-refractivity contribution is 6.10. The van der Waals surface area contributed by atoms with E-state index >= 15 is 4.79 Å². The Hall–Kier alpha value is -5.57. The maximum Gasteiger partial charge on any atom is 0.325 e. The highest BCUT2D eigenvalue weighted by atomic mass is 16.4. The Kier molecular flexibility index (Phi) is 7.70. The molecule has 236 valence electrons.